The van der Waals surface area contributed by atoms with Gasteiger partial charge in [0, 0.05) is 34.8 Å². The standard InChI is InChI=1S/C15H17NO3S2/c17-21(18)11-12-1-3-13(4-2-12)15-9-14(10-20-15)16-5-7-19-8-6-16/h1-4,9-10H,5-8,11H2,(H,17,18)/p-1. The third-order valence-corrected chi connectivity index (χ3v) is 5.02. The molecular weight excluding hydrogens is 306 g/mol. The average molecular weight is 322 g/mol. The Morgan fingerprint density at radius 1 is 1.24 bits per heavy atom. The van der Waals surface area contributed by atoms with Gasteiger partial charge in [-0.15, -0.1) is 11.3 Å². The first-order chi connectivity index (χ1) is 10.2. The zero-order valence-electron chi connectivity index (χ0n) is 11.5. The van der Waals surface area contributed by atoms with E-state index in [1.807, 2.05) is 24.3 Å². The van der Waals surface area contributed by atoms with Gasteiger partial charge in [-0.3, -0.25) is 4.21 Å². The Labute approximate surface area is 130 Å². The summed E-state index contributed by atoms with van der Waals surface area (Å²) in [6.07, 6.45) is 0. The zero-order valence-corrected chi connectivity index (χ0v) is 13.1. The maximum absolute atomic E-state index is 10.7. The van der Waals surface area contributed by atoms with Crippen LogP contribution in [0.5, 0.6) is 0 Å². The average Bonchev–Trinajstić information content (AvgIpc) is 2.98. The molecule has 1 atom stereocenters. The van der Waals surface area contributed by atoms with Crippen molar-refractivity contribution in [2.45, 2.75) is 5.75 Å². The summed E-state index contributed by atoms with van der Waals surface area (Å²) in [5.74, 6) is 0.0732. The van der Waals surface area contributed by atoms with Gasteiger partial charge < -0.3 is 14.2 Å². The Hall–Kier alpha value is -1.21. The molecular formula is C15H16NO3S2-. The van der Waals surface area contributed by atoms with E-state index in [4.69, 9.17) is 4.74 Å². The lowest BCUT2D eigenvalue weighted by molar-refractivity contribution is 0.123. The summed E-state index contributed by atoms with van der Waals surface area (Å²) in [5.41, 5.74) is 3.18. The molecule has 0 N–H and O–H groups in total. The first-order valence-corrected chi connectivity index (χ1v) is 8.91. The summed E-state index contributed by atoms with van der Waals surface area (Å²) in [4.78, 5) is 3.53. The molecule has 6 heteroatoms. The van der Waals surface area contributed by atoms with Crippen molar-refractivity contribution >= 4 is 28.1 Å². The normalized spacial score (nSPS) is 16.9. The van der Waals surface area contributed by atoms with Crippen molar-refractivity contribution in [3.63, 3.8) is 0 Å². The van der Waals surface area contributed by atoms with Crippen molar-refractivity contribution in [3.8, 4) is 10.4 Å². The van der Waals surface area contributed by atoms with E-state index >= 15 is 0 Å². The molecule has 2 heterocycles. The van der Waals surface area contributed by atoms with Gasteiger partial charge in [-0.25, -0.2) is 0 Å². The van der Waals surface area contributed by atoms with E-state index in [1.54, 1.807) is 11.3 Å². The highest BCUT2D eigenvalue weighted by Crippen LogP contribution is 2.32. The molecule has 0 amide bonds. The molecule has 1 aromatic carbocycles. The number of morpholine rings is 1. The van der Waals surface area contributed by atoms with E-state index in [0.29, 0.717) is 0 Å². The van der Waals surface area contributed by atoms with Gasteiger partial charge in [0.2, 0.25) is 0 Å². The predicted molar refractivity (Wildman–Crippen MR) is 85.4 cm³/mol. The number of anilines is 1. The lowest BCUT2D eigenvalue weighted by Crippen LogP contribution is -2.35. The fraction of sp³-hybridized carbons (Fsp3) is 0.333. The second-order valence-corrected chi connectivity index (χ2v) is 6.72. The van der Waals surface area contributed by atoms with Crippen molar-refractivity contribution in [2.24, 2.45) is 0 Å². The van der Waals surface area contributed by atoms with Crippen molar-refractivity contribution in [1.82, 2.24) is 0 Å². The molecule has 1 aliphatic heterocycles. The molecule has 112 valence electrons. The monoisotopic (exact) mass is 322 g/mol. The second-order valence-electron chi connectivity index (χ2n) is 4.91. The van der Waals surface area contributed by atoms with Gasteiger partial charge in [0.1, 0.15) is 0 Å². The van der Waals surface area contributed by atoms with E-state index in [0.717, 1.165) is 37.4 Å². The third-order valence-electron chi connectivity index (χ3n) is 3.48. The van der Waals surface area contributed by atoms with Crippen molar-refractivity contribution in [1.29, 1.82) is 0 Å². The maximum atomic E-state index is 10.7. The van der Waals surface area contributed by atoms with Crippen LogP contribution < -0.4 is 4.90 Å². The molecule has 0 saturated carbocycles. The van der Waals surface area contributed by atoms with Crippen LogP contribution in [0.15, 0.2) is 35.7 Å². The molecule has 0 spiro atoms. The van der Waals surface area contributed by atoms with Crippen molar-refractivity contribution < 1.29 is 13.5 Å². The summed E-state index contributed by atoms with van der Waals surface area (Å²) in [7, 11) is 0. The summed E-state index contributed by atoms with van der Waals surface area (Å²) >= 11 is -0.321. The van der Waals surface area contributed by atoms with Crippen LogP contribution in [0, 0.1) is 0 Å². The summed E-state index contributed by atoms with van der Waals surface area (Å²) in [6, 6.07) is 9.91. The Kier molecular flexibility index (Phi) is 4.70. The number of nitrogens with zero attached hydrogens (tertiary/aromatic N) is 1. The smallest absolute Gasteiger partial charge is 0.0642 e. The van der Waals surface area contributed by atoms with Crippen LogP contribution in [-0.2, 0) is 21.6 Å². The summed E-state index contributed by atoms with van der Waals surface area (Å²) < 4.78 is 26.7. The molecule has 3 rings (SSSR count). The minimum Gasteiger partial charge on any atom is -0.772 e. The van der Waals surface area contributed by atoms with Gasteiger partial charge in [-0.1, -0.05) is 35.3 Å². The largest absolute Gasteiger partial charge is 0.772 e. The van der Waals surface area contributed by atoms with Gasteiger partial charge in [0.05, 0.1) is 13.2 Å². The Morgan fingerprint density at radius 2 is 1.95 bits per heavy atom. The highest BCUT2D eigenvalue weighted by Gasteiger charge is 2.13. The van der Waals surface area contributed by atoms with Crippen LogP contribution >= 0.6 is 11.3 Å². The molecule has 2 aromatic rings. The highest BCUT2D eigenvalue weighted by atomic mass is 32.2. The molecule has 1 fully saturated rings. The highest BCUT2D eigenvalue weighted by molar-refractivity contribution is 7.78. The van der Waals surface area contributed by atoms with Crippen LogP contribution in [0.3, 0.4) is 0 Å². The third kappa shape index (κ3) is 3.71. The zero-order chi connectivity index (χ0) is 14.7. The molecule has 1 aromatic heterocycles. The minimum absolute atomic E-state index is 0.0732. The van der Waals surface area contributed by atoms with E-state index in [2.05, 4.69) is 16.3 Å². The van der Waals surface area contributed by atoms with Crippen LogP contribution in [-0.4, -0.2) is 35.1 Å². The predicted octanol–water partition coefficient (Wildman–Crippen LogP) is 2.63. The Morgan fingerprint density at radius 3 is 2.62 bits per heavy atom. The van der Waals surface area contributed by atoms with Crippen LogP contribution in [0.1, 0.15) is 5.56 Å². The number of benzene rings is 1. The Bertz CT molecular complexity index is 618. The molecule has 1 unspecified atom stereocenters. The topological polar surface area (TPSA) is 52.6 Å². The molecule has 1 saturated heterocycles. The van der Waals surface area contributed by atoms with Crippen LogP contribution in [0.4, 0.5) is 5.69 Å². The second kappa shape index (κ2) is 6.70. The maximum Gasteiger partial charge on any atom is 0.0642 e. The Balaban J connectivity index is 1.74. The fourth-order valence-corrected chi connectivity index (χ4v) is 3.76. The number of hydrogen-bond acceptors (Lipinski definition) is 5. The molecule has 1 aliphatic rings. The first-order valence-electron chi connectivity index (χ1n) is 6.79. The van der Waals surface area contributed by atoms with E-state index in [9.17, 15) is 8.76 Å². The quantitative estimate of drug-likeness (QED) is 0.812. The van der Waals surface area contributed by atoms with Gasteiger partial charge in [0.25, 0.3) is 0 Å². The molecule has 4 nitrogen and oxygen atoms in total. The van der Waals surface area contributed by atoms with Gasteiger partial charge >= 0.3 is 0 Å². The van der Waals surface area contributed by atoms with Crippen molar-refractivity contribution in [3.05, 3.63) is 41.3 Å². The lowest BCUT2D eigenvalue weighted by atomic mass is 10.1. The van der Waals surface area contributed by atoms with E-state index in [-0.39, 0.29) is 5.75 Å². The lowest BCUT2D eigenvalue weighted by Gasteiger charge is -2.27. The minimum atomic E-state index is -2.03. The summed E-state index contributed by atoms with van der Waals surface area (Å²) in [6.45, 7) is 3.44. The van der Waals surface area contributed by atoms with Crippen molar-refractivity contribution in [2.75, 3.05) is 31.2 Å². The fourth-order valence-electron chi connectivity index (χ4n) is 2.37. The van der Waals surface area contributed by atoms with Gasteiger partial charge in [-0.2, -0.15) is 0 Å². The van der Waals surface area contributed by atoms with Gasteiger partial charge in [0.15, 0.2) is 0 Å². The molecule has 0 radical (unpaired) electrons. The van der Waals surface area contributed by atoms with Crippen LogP contribution in [0.25, 0.3) is 10.4 Å². The number of hydrogen-bond donors (Lipinski definition) is 0. The van der Waals surface area contributed by atoms with Crippen LogP contribution in [0.2, 0.25) is 0 Å². The van der Waals surface area contributed by atoms with Gasteiger partial charge in [-0.05, 0) is 17.2 Å². The SMILES string of the molecule is O=S([O-])Cc1ccc(-c2cc(N3CCOCC3)cs2)cc1. The molecule has 0 bridgehead atoms. The number of rotatable bonds is 4. The molecule has 21 heavy (non-hydrogen) atoms. The van der Waals surface area contributed by atoms with E-state index < -0.39 is 11.1 Å². The van der Waals surface area contributed by atoms with E-state index in [1.165, 1.54) is 10.6 Å². The number of thiophene rings is 1. The summed E-state index contributed by atoms with van der Waals surface area (Å²) in [5, 5.41) is 2.17. The molecule has 0 aliphatic carbocycles. The first kappa shape index (κ1) is 14.7. The number of ether oxygens (including phenoxy) is 1.